The summed E-state index contributed by atoms with van der Waals surface area (Å²) in [6, 6.07) is 7.14. The van der Waals surface area contributed by atoms with Crippen LogP contribution in [0.5, 0.6) is 0 Å². The Morgan fingerprint density at radius 3 is 2.06 bits per heavy atom. The van der Waals surface area contributed by atoms with Gasteiger partial charge in [-0.1, -0.05) is 30.3 Å². The minimum absolute atomic E-state index is 0.0394. The van der Waals surface area contributed by atoms with E-state index in [0.717, 1.165) is 6.26 Å². The van der Waals surface area contributed by atoms with E-state index in [-0.39, 0.29) is 11.6 Å². The number of benzene rings is 1. The predicted octanol–water partition coefficient (Wildman–Crippen LogP) is 2.20. The Hall–Kier alpha value is -1.63. The van der Waals surface area contributed by atoms with E-state index in [2.05, 4.69) is 0 Å². The summed E-state index contributed by atoms with van der Waals surface area (Å²) < 4.78 is 59.2. The van der Waals surface area contributed by atoms with Crippen molar-refractivity contribution in [3.8, 4) is 0 Å². The molecule has 0 amide bonds. The maximum absolute atomic E-state index is 12.1. The van der Waals surface area contributed by atoms with Crippen LogP contribution >= 0.6 is 0 Å². The number of hydrogen-bond acceptors (Lipinski definition) is 3. The molecule has 0 bridgehead atoms. The average Bonchev–Trinajstić information content (AvgIpc) is 2.23. The summed E-state index contributed by atoms with van der Waals surface area (Å²) in [6.45, 7) is 0. The van der Waals surface area contributed by atoms with Crippen molar-refractivity contribution in [2.24, 2.45) is 0 Å². The van der Waals surface area contributed by atoms with Gasteiger partial charge >= 0.3 is 6.18 Å². The third-order valence-electron chi connectivity index (χ3n) is 2.00. The lowest BCUT2D eigenvalue weighted by atomic mass is 10.2. The summed E-state index contributed by atoms with van der Waals surface area (Å²) in [6.07, 6.45) is -4.25. The monoisotopic (exact) mass is 278 g/mol. The van der Waals surface area contributed by atoms with Crippen LogP contribution in [0.3, 0.4) is 0 Å². The molecule has 0 radical (unpaired) electrons. The average molecular weight is 278 g/mol. The maximum Gasteiger partial charge on any atom is 0.454 e. The Balaban J connectivity index is 3.35. The molecule has 7 heteroatoms. The van der Waals surface area contributed by atoms with Crippen LogP contribution in [0, 0.1) is 0 Å². The minimum Gasteiger partial charge on any atom is -0.285 e. The standard InChI is InChI=1S/C11H9F3O3S/c1-18(16,17)9(7-10(15)11(12,13)14)8-5-3-2-4-6-8/h2-7H,1H3/b9-7+. The van der Waals surface area contributed by atoms with Gasteiger partial charge in [-0.2, -0.15) is 13.2 Å². The van der Waals surface area contributed by atoms with Crippen molar-refractivity contribution in [2.45, 2.75) is 6.18 Å². The second-order valence-corrected chi connectivity index (χ2v) is 5.49. The van der Waals surface area contributed by atoms with Crippen molar-refractivity contribution in [3.63, 3.8) is 0 Å². The summed E-state index contributed by atoms with van der Waals surface area (Å²) in [4.78, 5) is 10.2. The van der Waals surface area contributed by atoms with Crippen molar-refractivity contribution in [1.82, 2.24) is 0 Å². The van der Waals surface area contributed by atoms with Crippen molar-refractivity contribution < 1.29 is 26.4 Å². The first-order valence-electron chi connectivity index (χ1n) is 4.70. The van der Waals surface area contributed by atoms with Gasteiger partial charge in [-0.3, -0.25) is 4.79 Å². The summed E-state index contributed by atoms with van der Waals surface area (Å²) in [5.74, 6) is -2.20. The number of halogens is 3. The van der Waals surface area contributed by atoms with Gasteiger partial charge in [0.1, 0.15) is 0 Å². The molecule has 0 heterocycles. The second-order valence-electron chi connectivity index (χ2n) is 3.51. The van der Waals surface area contributed by atoms with E-state index in [4.69, 9.17) is 0 Å². The normalized spacial score (nSPS) is 13.4. The quantitative estimate of drug-likeness (QED) is 0.796. The van der Waals surface area contributed by atoms with Crippen LogP contribution in [0.2, 0.25) is 0 Å². The Morgan fingerprint density at radius 2 is 1.67 bits per heavy atom. The number of ketones is 1. The minimum atomic E-state index is -5.09. The second kappa shape index (κ2) is 4.93. The van der Waals surface area contributed by atoms with Crippen molar-refractivity contribution in [1.29, 1.82) is 0 Å². The highest BCUT2D eigenvalue weighted by Gasteiger charge is 2.37. The van der Waals surface area contributed by atoms with Gasteiger partial charge < -0.3 is 0 Å². The zero-order valence-corrected chi connectivity index (χ0v) is 10.0. The molecule has 0 saturated carbocycles. The van der Waals surface area contributed by atoms with Crippen LogP contribution in [0.1, 0.15) is 5.56 Å². The largest absolute Gasteiger partial charge is 0.454 e. The van der Waals surface area contributed by atoms with Crippen molar-refractivity contribution in [2.75, 3.05) is 6.26 Å². The molecule has 0 aliphatic heterocycles. The molecule has 0 saturated heterocycles. The third kappa shape index (κ3) is 3.69. The van der Waals surface area contributed by atoms with Gasteiger partial charge in [0, 0.05) is 12.3 Å². The third-order valence-corrected chi connectivity index (χ3v) is 3.15. The fraction of sp³-hybridized carbons (Fsp3) is 0.182. The first kappa shape index (κ1) is 14.4. The molecular weight excluding hydrogens is 269 g/mol. The molecule has 18 heavy (non-hydrogen) atoms. The highest BCUT2D eigenvalue weighted by atomic mass is 32.2. The molecule has 0 atom stereocenters. The highest BCUT2D eigenvalue weighted by Crippen LogP contribution is 2.24. The highest BCUT2D eigenvalue weighted by molar-refractivity contribution is 8.00. The number of hydrogen-bond donors (Lipinski definition) is 0. The molecule has 1 rings (SSSR count). The van der Waals surface area contributed by atoms with Gasteiger partial charge in [0.05, 0.1) is 4.91 Å². The Morgan fingerprint density at radius 1 is 1.17 bits per heavy atom. The van der Waals surface area contributed by atoms with Crippen LogP contribution in [0.15, 0.2) is 36.4 Å². The first-order valence-corrected chi connectivity index (χ1v) is 6.60. The van der Waals surface area contributed by atoms with E-state index in [0.29, 0.717) is 0 Å². The van der Waals surface area contributed by atoms with Gasteiger partial charge in [0.25, 0.3) is 5.78 Å². The van der Waals surface area contributed by atoms with Crippen molar-refractivity contribution >= 4 is 20.5 Å². The molecule has 0 aliphatic carbocycles. The lowest BCUT2D eigenvalue weighted by molar-refractivity contribution is -0.165. The lowest BCUT2D eigenvalue weighted by Crippen LogP contribution is -2.21. The number of rotatable bonds is 3. The molecule has 0 N–H and O–H groups in total. The van der Waals surface area contributed by atoms with Crippen LogP contribution in [0.25, 0.3) is 4.91 Å². The van der Waals surface area contributed by atoms with Crippen LogP contribution in [-0.2, 0) is 14.6 Å². The molecule has 0 aliphatic rings. The van der Waals surface area contributed by atoms with Gasteiger partial charge in [-0.15, -0.1) is 0 Å². The Kier molecular flexibility index (Phi) is 3.95. The Bertz CT molecular complexity index is 571. The summed E-state index contributed by atoms with van der Waals surface area (Å²) in [5, 5.41) is 0. The summed E-state index contributed by atoms with van der Waals surface area (Å²) in [5.41, 5.74) is 0.0394. The van der Waals surface area contributed by atoms with E-state index in [9.17, 15) is 26.4 Å². The fourth-order valence-electron chi connectivity index (χ4n) is 1.21. The zero-order chi connectivity index (χ0) is 14.0. The van der Waals surface area contributed by atoms with E-state index in [1.165, 1.54) is 24.3 Å². The van der Waals surface area contributed by atoms with Crippen LogP contribution in [0.4, 0.5) is 13.2 Å². The van der Waals surface area contributed by atoms with Crippen LogP contribution < -0.4 is 0 Å². The Labute approximate surface area is 102 Å². The van der Waals surface area contributed by atoms with Gasteiger partial charge in [-0.25, -0.2) is 8.42 Å². The van der Waals surface area contributed by atoms with Gasteiger partial charge in [-0.05, 0) is 5.56 Å². The molecular formula is C11H9F3O3S. The number of carbonyl (C=O) groups excluding carboxylic acids is 1. The van der Waals surface area contributed by atoms with Gasteiger partial charge in [0.2, 0.25) is 0 Å². The predicted molar refractivity (Wildman–Crippen MR) is 60.3 cm³/mol. The van der Waals surface area contributed by atoms with E-state index in [1.807, 2.05) is 0 Å². The topological polar surface area (TPSA) is 51.2 Å². The smallest absolute Gasteiger partial charge is 0.285 e. The molecule has 0 aromatic heterocycles. The molecule has 3 nitrogen and oxygen atoms in total. The van der Waals surface area contributed by atoms with Crippen molar-refractivity contribution in [3.05, 3.63) is 42.0 Å². The number of carbonyl (C=O) groups is 1. The number of sulfone groups is 1. The van der Waals surface area contributed by atoms with E-state index < -0.39 is 26.7 Å². The molecule has 98 valence electrons. The molecule has 1 aromatic carbocycles. The first-order chi connectivity index (χ1) is 8.12. The molecule has 0 spiro atoms. The zero-order valence-electron chi connectivity index (χ0n) is 9.23. The summed E-state index contributed by atoms with van der Waals surface area (Å²) in [7, 11) is -3.93. The van der Waals surface area contributed by atoms with E-state index >= 15 is 0 Å². The lowest BCUT2D eigenvalue weighted by Gasteiger charge is -2.06. The number of allylic oxidation sites excluding steroid dienone is 1. The SMILES string of the molecule is CS(=O)(=O)/C(=C/C(=O)C(F)(F)F)c1ccccc1. The number of alkyl halides is 3. The molecule has 0 fully saturated rings. The van der Waals surface area contributed by atoms with Crippen LogP contribution in [-0.4, -0.2) is 26.6 Å². The molecule has 0 unspecified atom stereocenters. The summed E-state index contributed by atoms with van der Waals surface area (Å²) >= 11 is 0. The fourth-order valence-corrected chi connectivity index (χ4v) is 2.09. The maximum atomic E-state index is 12.1. The molecule has 1 aromatic rings. The van der Waals surface area contributed by atoms with Gasteiger partial charge in [0.15, 0.2) is 9.84 Å². The van der Waals surface area contributed by atoms with E-state index in [1.54, 1.807) is 6.07 Å².